The van der Waals surface area contributed by atoms with Crippen molar-refractivity contribution < 1.29 is 20.4 Å². The molecule has 5 heterocycles. The van der Waals surface area contributed by atoms with E-state index >= 15 is 0 Å². The quantitative estimate of drug-likeness (QED) is 0.134. The molecular weight excluding hydrogens is 649 g/mol. The Hall–Kier alpha value is -6.12. The van der Waals surface area contributed by atoms with Crippen molar-refractivity contribution in [1.82, 2.24) is 10.3 Å². The van der Waals surface area contributed by atoms with Gasteiger partial charge in [0.15, 0.2) is 0 Å². The lowest BCUT2D eigenvalue weighted by Crippen LogP contribution is -2.39. The van der Waals surface area contributed by atoms with Crippen LogP contribution in [0.5, 0.6) is 23.0 Å². The molecule has 4 atom stereocenters. The number of H-pyrrole nitrogens is 1. The topological polar surface area (TPSA) is 133 Å². The van der Waals surface area contributed by atoms with Crippen molar-refractivity contribution in [1.29, 1.82) is 0 Å². The van der Waals surface area contributed by atoms with Gasteiger partial charge in [0, 0.05) is 73.4 Å². The first-order valence-corrected chi connectivity index (χ1v) is 17.9. The van der Waals surface area contributed by atoms with Gasteiger partial charge in [-0.05, 0) is 74.2 Å². The number of rotatable bonds is 4. The van der Waals surface area contributed by atoms with Gasteiger partial charge in [0.25, 0.3) is 0 Å². The SMILES string of the molecule is Oc1ccccc1/C1=C2\C=CC(=N2)/C(c2ccccc2O)=c2/cc/c([nH]2)=C(\c2ccccc2O)C2=NC(CC2)C(c2ccccc2O)C2CCC1N2. The molecule has 0 spiro atoms. The van der Waals surface area contributed by atoms with Crippen LogP contribution in [0, 0.1) is 0 Å². The number of phenolic OH excluding ortho intramolecular Hbond substituents is 4. The van der Waals surface area contributed by atoms with E-state index in [9.17, 15) is 20.4 Å². The Morgan fingerprint density at radius 1 is 0.577 bits per heavy atom. The molecule has 8 heteroatoms. The van der Waals surface area contributed by atoms with Gasteiger partial charge in [0.1, 0.15) is 23.0 Å². The van der Waals surface area contributed by atoms with Crippen LogP contribution < -0.4 is 16.0 Å². The standard InChI is InChI=1S/C44H38N4O4/c49-37-13-5-1-9-25(37)41-29-17-19-31(45-29)42(26-10-2-6-14-38(26)50)33-21-23-35(47-33)44(28-12-4-8-16-40(28)52)36-24-22-34(48-36)43(32-20-18-30(41)46-32)27-11-3-7-15-39(27)51/h1-20,33,35-36,44,46-47,49-52H,21-24H2/b41-30-,42-31-,43-32-. The number of aromatic nitrogens is 1. The summed E-state index contributed by atoms with van der Waals surface area (Å²) in [6, 6.07) is 33.2. The number of phenols is 4. The van der Waals surface area contributed by atoms with Crippen LogP contribution in [0.4, 0.5) is 0 Å². The first kappa shape index (κ1) is 31.8. The molecule has 258 valence electrons. The molecule has 4 aliphatic heterocycles. The summed E-state index contributed by atoms with van der Waals surface area (Å²) in [7, 11) is 0. The highest BCUT2D eigenvalue weighted by molar-refractivity contribution is 6.31. The highest BCUT2D eigenvalue weighted by Gasteiger charge is 2.41. The Kier molecular flexibility index (Phi) is 7.89. The number of para-hydroxylation sites is 4. The number of nitrogens with one attached hydrogen (secondary N) is 2. The van der Waals surface area contributed by atoms with Crippen LogP contribution in [-0.2, 0) is 0 Å². The Bertz CT molecular complexity index is 2490. The minimum Gasteiger partial charge on any atom is -0.508 e. The molecule has 0 saturated carbocycles. The van der Waals surface area contributed by atoms with E-state index in [1.807, 2.05) is 91.0 Å². The van der Waals surface area contributed by atoms with E-state index in [2.05, 4.69) is 10.3 Å². The first-order valence-electron chi connectivity index (χ1n) is 17.9. The van der Waals surface area contributed by atoms with Gasteiger partial charge in [-0.25, -0.2) is 4.99 Å². The first-order chi connectivity index (χ1) is 25.4. The summed E-state index contributed by atoms with van der Waals surface area (Å²) in [6.45, 7) is 0. The molecule has 0 radical (unpaired) electrons. The van der Waals surface area contributed by atoms with Crippen LogP contribution in [0.25, 0.3) is 16.7 Å². The molecule has 1 saturated heterocycles. The van der Waals surface area contributed by atoms with Gasteiger partial charge in [-0.3, -0.25) is 4.99 Å². The highest BCUT2D eigenvalue weighted by Crippen LogP contribution is 2.44. The molecule has 8 bridgehead atoms. The predicted octanol–water partition coefficient (Wildman–Crippen LogP) is 6.18. The third kappa shape index (κ3) is 5.43. The van der Waals surface area contributed by atoms with E-state index in [0.717, 1.165) is 63.7 Å². The summed E-state index contributed by atoms with van der Waals surface area (Å²) in [4.78, 5) is 14.3. The zero-order chi connectivity index (χ0) is 35.3. The summed E-state index contributed by atoms with van der Waals surface area (Å²) < 4.78 is 0. The normalized spacial score (nSPS) is 26.0. The van der Waals surface area contributed by atoms with Crippen molar-refractivity contribution in [3.63, 3.8) is 0 Å². The lowest BCUT2D eigenvalue weighted by molar-refractivity contribution is 0.390. The van der Waals surface area contributed by atoms with Gasteiger partial charge in [-0.2, -0.15) is 0 Å². The molecule has 4 aliphatic rings. The number of fused-ring (bicyclic) bond motifs is 6. The zero-order valence-corrected chi connectivity index (χ0v) is 28.4. The monoisotopic (exact) mass is 686 g/mol. The molecule has 52 heavy (non-hydrogen) atoms. The molecule has 1 aromatic heterocycles. The van der Waals surface area contributed by atoms with Crippen molar-refractivity contribution in [3.05, 3.63) is 160 Å². The number of benzene rings is 4. The van der Waals surface area contributed by atoms with Crippen LogP contribution in [-0.4, -0.2) is 55.0 Å². The maximum absolute atomic E-state index is 11.3. The van der Waals surface area contributed by atoms with Gasteiger partial charge in [0.2, 0.25) is 0 Å². The summed E-state index contributed by atoms with van der Waals surface area (Å²) in [6.07, 6.45) is 7.01. The van der Waals surface area contributed by atoms with Crippen molar-refractivity contribution in [2.45, 2.75) is 49.7 Å². The molecule has 4 aromatic carbocycles. The number of aromatic amines is 1. The van der Waals surface area contributed by atoms with Gasteiger partial charge in [0.05, 0.1) is 17.5 Å². The third-order valence-electron chi connectivity index (χ3n) is 10.9. The van der Waals surface area contributed by atoms with Crippen LogP contribution in [0.3, 0.4) is 0 Å². The largest absolute Gasteiger partial charge is 0.508 e. The van der Waals surface area contributed by atoms with E-state index in [1.54, 1.807) is 30.3 Å². The van der Waals surface area contributed by atoms with Crippen LogP contribution in [0.2, 0.25) is 0 Å². The number of hydrogen-bond acceptors (Lipinski definition) is 7. The van der Waals surface area contributed by atoms with Crippen LogP contribution >= 0.6 is 0 Å². The third-order valence-corrected chi connectivity index (χ3v) is 10.9. The Morgan fingerprint density at radius 3 is 1.85 bits per heavy atom. The second-order valence-corrected chi connectivity index (χ2v) is 13.9. The molecule has 6 N–H and O–H groups in total. The maximum atomic E-state index is 11.3. The molecule has 0 aliphatic carbocycles. The lowest BCUT2D eigenvalue weighted by atomic mass is 9.83. The van der Waals surface area contributed by atoms with Crippen molar-refractivity contribution in [2.24, 2.45) is 9.98 Å². The van der Waals surface area contributed by atoms with E-state index in [4.69, 9.17) is 9.98 Å². The lowest BCUT2D eigenvalue weighted by Gasteiger charge is -2.30. The zero-order valence-electron chi connectivity index (χ0n) is 28.4. The van der Waals surface area contributed by atoms with Gasteiger partial charge >= 0.3 is 0 Å². The molecule has 9 rings (SSSR count). The van der Waals surface area contributed by atoms with Crippen LogP contribution in [0.15, 0.2) is 137 Å². The fourth-order valence-corrected chi connectivity index (χ4v) is 8.60. The number of nitrogens with zero attached hydrogens (tertiary/aromatic N) is 2. The fraction of sp³-hybridized carbons (Fsp3) is 0.182. The smallest absolute Gasteiger partial charge is 0.123 e. The highest BCUT2D eigenvalue weighted by atomic mass is 16.3. The predicted molar refractivity (Wildman–Crippen MR) is 204 cm³/mol. The molecule has 4 unspecified atom stereocenters. The second kappa shape index (κ2) is 12.9. The molecule has 1 fully saturated rings. The fourth-order valence-electron chi connectivity index (χ4n) is 8.60. The van der Waals surface area contributed by atoms with Gasteiger partial charge in [-0.1, -0.05) is 72.8 Å². The van der Waals surface area contributed by atoms with Gasteiger partial charge in [-0.15, -0.1) is 0 Å². The molecular formula is C44H38N4O4. The summed E-state index contributed by atoms with van der Waals surface area (Å²) >= 11 is 0. The maximum Gasteiger partial charge on any atom is 0.123 e. The van der Waals surface area contributed by atoms with Crippen molar-refractivity contribution in [3.8, 4) is 23.0 Å². The molecule has 8 nitrogen and oxygen atoms in total. The van der Waals surface area contributed by atoms with Crippen molar-refractivity contribution >= 4 is 28.1 Å². The molecule has 0 amide bonds. The van der Waals surface area contributed by atoms with Gasteiger partial charge < -0.3 is 30.7 Å². The Labute approximate surface area is 300 Å². The Morgan fingerprint density at radius 2 is 1.17 bits per heavy atom. The van der Waals surface area contributed by atoms with E-state index < -0.39 is 0 Å². The summed E-state index contributed by atoms with van der Waals surface area (Å²) in [5.74, 6) is 0.563. The molecule has 5 aromatic rings. The average molecular weight is 687 g/mol. The van der Waals surface area contributed by atoms with Crippen LogP contribution in [0.1, 0.15) is 53.9 Å². The van der Waals surface area contributed by atoms with Crippen molar-refractivity contribution in [2.75, 3.05) is 0 Å². The van der Waals surface area contributed by atoms with E-state index in [-0.39, 0.29) is 47.0 Å². The number of allylic oxidation sites excluding steroid dienone is 2. The minimum absolute atomic E-state index is 0.0383. The second-order valence-electron chi connectivity index (χ2n) is 13.9. The minimum atomic E-state index is -0.152. The average Bonchev–Trinajstić information content (AvgIpc) is 3.99. The Balaban J connectivity index is 1.37. The van der Waals surface area contributed by atoms with E-state index in [1.165, 1.54) is 0 Å². The summed E-state index contributed by atoms with van der Waals surface area (Å²) in [5, 5.41) is 50.4. The number of aliphatic imine (C=N–C) groups is 2. The number of hydrogen-bond donors (Lipinski definition) is 6. The van der Waals surface area contributed by atoms with E-state index in [0.29, 0.717) is 28.8 Å². The number of aromatic hydroxyl groups is 4. The summed E-state index contributed by atoms with van der Waals surface area (Å²) in [5.41, 5.74) is 7.55.